The molecule has 10 nitrogen and oxygen atoms in total. The molecule has 0 saturated heterocycles. The quantitative estimate of drug-likeness (QED) is 0.153. The van der Waals surface area contributed by atoms with Crippen LogP contribution in [-0.4, -0.2) is 42.8 Å². The normalized spacial score (nSPS) is 12.4. The molecule has 12 heteroatoms. The number of rotatable bonds is 17. The number of hydrogen-bond donors (Lipinski definition) is 3. The zero-order valence-corrected chi connectivity index (χ0v) is 21.9. The minimum absolute atomic E-state index is 0.0641. The van der Waals surface area contributed by atoms with Gasteiger partial charge in [-0.3, -0.25) is 14.1 Å². The lowest BCUT2D eigenvalue weighted by molar-refractivity contribution is -0.117. The number of phosphoric acid groups is 1. The highest BCUT2D eigenvalue weighted by atomic mass is 32.2. The lowest BCUT2D eigenvalue weighted by atomic mass is 10.1. The van der Waals surface area contributed by atoms with Gasteiger partial charge in [0, 0.05) is 35.2 Å². The maximum Gasteiger partial charge on any atom is 0.469 e. The van der Waals surface area contributed by atoms with Gasteiger partial charge in [-0.1, -0.05) is 57.2 Å². The molecule has 0 aliphatic carbocycles. The fourth-order valence-corrected chi connectivity index (χ4v) is 4.49. The molecular weight excluding hydrogens is 479 g/mol. The minimum Gasteiger partial charge on any atom is -0.383 e. The predicted molar refractivity (Wildman–Crippen MR) is 133 cm³/mol. The average Bonchev–Trinajstić information content (AvgIpc) is 2.76. The Balaban J connectivity index is 2.86. The Bertz CT molecular complexity index is 877. The molecule has 1 heterocycles. The zero-order valence-electron chi connectivity index (χ0n) is 20.2. The average molecular weight is 517 g/mol. The van der Waals surface area contributed by atoms with Gasteiger partial charge in [-0.2, -0.15) is 0 Å². The summed E-state index contributed by atoms with van der Waals surface area (Å²) >= 11 is 0.981. The molecule has 0 radical (unpaired) electrons. The molecule has 0 aliphatic heterocycles. The van der Waals surface area contributed by atoms with Crippen LogP contribution in [0.2, 0.25) is 0 Å². The Morgan fingerprint density at radius 1 is 1.21 bits per heavy atom. The van der Waals surface area contributed by atoms with Crippen molar-refractivity contribution in [3.05, 3.63) is 28.2 Å². The number of allylic oxidation sites excluding steroid dienone is 1. The third kappa shape index (κ3) is 12.6. The zero-order chi connectivity index (χ0) is 25.6. The number of amides is 1. The third-order valence-electron chi connectivity index (χ3n) is 5.13. The molecule has 0 fully saturated rings. The summed E-state index contributed by atoms with van der Waals surface area (Å²) in [6, 6.07) is 0. The van der Waals surface area contributed by atoms with Gasteiger partial charge in [-0.15, -0.1) is 0 Å². The number of aromatic nitrogens is 2. The van der Waals surface area contributed by atoms with E-state index in [-0.39, 0.29) is 30.5 Å². The van der Waals surface area contributed by atoms with Crippen LogP contribution in [-0.2, 0) is 25.2 Å². The van der Waals surface area contributed by atoms with Crippen LogP contribution in [0.1, 0.15) is 83.0 Å². The van der Waals surface area contributed by atoms with E-state index < -0.39 is 7.82 Å². The second-order valence-corrected chi connectivity index (χ2v) is 10.4. The number of anilines is 1. The Morgan fingerprint density at radius 2 is 1.85 bits per heavy atom. The highest BCUT2D eigenvalue weighted by molar-refractivity contribution is 8.16. The first-order chi connectivity index (χ1) is 16.1. The van der Waals surface area contributed by atoms with E-state index in [2.05, 4.69) is 21.4 Å². The van der Waals surface area contributed by atoms with Crippen LogP contribution in [0.15, 0.2) is 16.8 Å². The summed E-state index contributed by atoms with van der Waals surface area (Å²) in [4.78, 5) is 52.5. The number of thioether (sulfide) groups is 1. The van der Waals surface area contributed by atoms with E-state index in [4.69, 9.17) is 15.5 Å². The summed E-state index contributed by atoms with van der Waals surface area (Å²) in [5, 5.41) is -0.0666. The lowest BCUT2D eigenvalue weighted by Crippen LogP contribution is -2.22. The number of carbonyl (C=O) groups is 2. The van der Waals surface area contributed by atoms with Gasteiger partial charge in [-0.25, -0.2) is 14.5 Å². The summed E-state index contributed by atoms with van der Waals surface area (Å²) in [6.45, 7) is 5.34. The smallest absolute Gasteiger partial charge is 0.383 e. The number of nitrogen functional groups attached to an aromatic ring is 1. The number of aryl methyl sites for hydroxylation is 1. The summed E-state index contributed by atoms with van der Waals surface area (Å²) < 4.78 is 15.6. The molecule has 192 valence electrons. The molecule has 1 rings (SSSR count). The van der Waals surface area contributed by atoms with Gasteiger partial charge in [0.2, 0.25) is 6.41 Å². The molecule has 0 saturated carbocycles. The maximum atomic E-state index is 12.6. The van der Waals surface area contributed by atoms with E-state index in [9.17, 15) is 14.2 Å². The van der Waals surface area contributed by atoms with Crippen molar-refractivity contribution in [3.63, 3.8) is 0 Å². The lowest BCUT2D eigenvalue weighted by Gasteiger charge is -2.22. The molecule has 0 aliphatic rings. The largest absolute Gasteiger partial charge is 0.469 e. The number of phosphoric ester groups is 1. The van der Waals surface area contributed by atoms with Gasteiger partial charge in [0.05, 0.1) is 13.2 Å². The number of carbonyl (C=O) groups excluding carboxylic acids is 2. The van der Waals surface area contributed by atoms with Crippen molar-refractivity contribution in [1.29, 1.82) is 0 Å². The SMILES string of the molecule is CCCCCCCCCC(=O)S/C(CCOP(=O)(O)O)=C(/C)N(C=O)Cc1cnc(C)nc1N. The van der Waals surface area contributed by atoms with Crippen LogP contribution < -0.4 is 5.73 Å². The summed E-state index contributed by atoms with van der Waals surface area (Å²) in [5.74, 6) is 0.758. The van der Waals surface area contributed by atoms with Crippen LogP contribution >= 0.6 is 19.6 Å². The highest BCUT2D eigenvalue weighted by Gasteiger charge is 2.19. The van der Waals surface area contributed by atoms with Crippen molar-refractivity contribution in [2.45, 2.75) is 85.1 Å². The number of unbranched alkanes of at least 4 members (excludes halogenated alkanes) is 6. The van der Waals surface area contributed by atoms with Crippen LogP contribution in [0.5, 0.6) is 0 Å². The Morgan fingerprint density at radius 3 is 2.44 bits per heavy atom. The van der Waals surface area contributed by atoms with E-state index in [1.807, 2.05) is 0 Å². The maximum absolute atomic E-state index is 12.6. The van der Waals surface area contributed by atoms with Gasteiger partial charge < -0.3 is 20.4 Å². The topological polar surface area (TPSA) is 156 Å². The molecule has 0 aromatic carbocycles. The van der Waals surface area contributed by atoms with E-state index in [1.54, 1.807) is 13.8 Å². The van der Waals surface area contributed by atoms with Crippen LogP contribution in [0.25, 0.3) is 0 Å². The molecule has 0 unspecified atom stereocenters. The summed E-state index contributed by atoms with van der Waals surface area (Å²) in [5.41, 5.74) is 6.96. The van der Waals surface area contributed by atoms with Crippen molar-refractivity contribution < 1.29 is 28.5 Å². The molecule has 1 aromatic heterocycles. The molecule has 0 spiro atoms. The van der Waals surface area contributed by atoms with Crippen molar-refractivity contribution in [2.75, 3.05) is 12.3 Å². The third-order valence-corrected chi connectivity index (χ3v) is 6.83. The Hall–Kier alpha value is -1.78. The van der Waals surface area contributed by atoms with Crippen LogP contribution in [0.4, 0.5) is 5.82 Å². The van der Waals surface area contributed by atoms with Crippen LogP contribution in [0, 0.1) is 6.92 Å². The standard InChI is InChI=1S/C22H37N4O6PS/c1-4-5-6-7-8-9-10-11-21(28)34-20(12-13-32-33(29,30)31)17(2)26(16-27)15-19-14-24-18(3)25-22(19)23/h14,16H,4-13,15H2,1-3H3,(H2,23,24,25)(H2,29,30,31)/b20-17-. The first kappa shape index (κ1) is 30.3. The van der Waals surface area contributed by atoms with Gasteiger partial charge in [0.1, 0.15) is 11.6 Å². The number of hydrogen-bond acceptors (Lipinski definition) is 8. The van der Waals surface area contributed by atoms with Gasteiger partial charge in [0.25, 0.3) is 0 Å². The molecule has 1 amide bonds. The Labute approximate surface area is 206 Å². The summed E-state index contributed by atoms with van der Waals surface area (Å²) in [7, 11) is -4.65. The van der Waals surface area contributed by atoms with E-state index in [1.165, 1.54) is 36.8 Å². The second kappa shape index (κ2) is 16.0. The monoisotopic (exact) mass is 516 g/mol. The second-order valence-electron chi connectivity index (χ2n) is 7.99. The van der Waals surface area contributed by atoms with Crippen molar-refractivity contribution in [3.8, 4) is 0 Å². The molecule has 0 bridgehead atoms. The van der Waals surface area contributed by atoms with E-state index >= 15 is 0 Å². The first-order valence-corrected chi connectivity index (χ1v) is 13.8. The van der Waals surface area contributed by atoms with Crippen LogP contribution in [0.3, 0.4) is 0 Å². The summed E-state index contributed by atoms with van der Waals surface area (Å²) in [6.07, 6.45) is 10.2. The van der Waals surface area contributed by atoms with Crippen molar-refractivity contribution in [2.24, 2.45) is 0 Å². The molecule has 4 N–H and O–H groups in total. The number of nitrogens with two attached hydrogens (primary N) is 1. The van der Waals surface area contributed by atoms with E-state index in [0.29, 0.717) is 34.8 Å². The van der Waals surface area contributed by atoms with Gasteiger partial charge in [-0.05, 0) is 20.3 Å². The molecule has 0 atom stereocenters. The highest BCUT2D eigenvalue weighted by Crippen LogP contribution is 2.37. The van der Waals surface area contributed by atoms with Gasteiger partial charge in [0.15, 0.2) is 5.12 Å². The van der Waals surface area contributed by atoms with Crippen molar-refractivity contribution >= 4 is 36.9 Å². The molecule has 34 heavy (non-hydrogen) atoms. The van der Waals surface area contributed by atoms with E-state index in [0.717, 1.165) is 31.0 Å². The Kier molecular flexibility index (Phi) is 14.2. The fourth-order valence-electron chi connectivity index (χ4n) is 3.19. The first-order valence-electron chi connectivity index (χ1n) is 11.5. The number of nitrogens with zero attached hydrogens (tertiary/aromatic N) is 3. The molecule has 1 aromatic rings. The minimum atomic E-state index is -4.65. The predicted octanol–water partition coefficient (Wildman–Crippen LogP) is 4.46. The molecular formula is C22H37N4O6PS. The van der Waals surface area contributed by atoms with Gasteiger partial charge >= 0.3 is 7.82 Å². The fraction of sp³-hybridized carbons (Fsp3) is 0.636. The van der Waals surface area contributed by atoms with Crippen molar-refractivity contribution in [1.82, 2.24) is 14.9 Å².